The molecule has 3 fully saturated rings. The third-order valence-corrected chi connectivity index (χ3v) is 6.00. The first kappa shape index (κ1) is 18.3. The van der Waals surface area contributed by atoms with Crippen LogP contribution in [-0.2, 0) is 4.79 Å². The van der Waals surface area contributed by atoms with Gasteiger partial charge in [-0.15, -0.1) is 0 Å². The lowest BCUT2D eigenvalue weighted by Gasteiger charge is -2.29. The fraction of sp³-hybridized carbons (Fsp3) is 0.619. The van der Waals surface area contributed by atoms with E-state index >= 15 is 0 Å². The molecular formula is C21H30N4O2. The molecule has 3 amide bonds. The zero-order chi connectivity index (χ0) is 18.8. The first-order valence-corrected chi connectivity index (χ1v) is 10.3. The summed E-state index contributed by atoms with van der Waals surface area (Å²) in [5, 5.41) is 12.5. The van der Waals surface area contributed by atoms with Crippen LogP contribution in [0.4, 0.5) is 10.5 Å². The SMILES string of the molecule is CC(NC(=O)CC1CC2CCC(C1)N2)c1ccc(NC(=O)NC2CC2)cc1. The van der Waals surface area contributed by atoms with E-state index in [-0.39, 0.29) is 18.0 Å². The summed E-state index contributed by atoms with van der Waals surface area (Å²) in [6, 6.07) is 9.09. The van der Waals surface area contributed by atoms with Gasteiger partial charge in [0.25, 0.3) is 0 Å². The summed E-state index contributed by atoms with van der Waals surface area (Å²) in [4.78, 5) is 24.2. The Morgan fingerprint density at radius 3 is 2.37 bits per heavy atom. The van der Waals surface area contributed by atoms with E-state index in [2.05, 4.69) is 21.3 Å². The van der Waals surface area contributed by atoms with Crippen LogP contribution in [0.1, 0.15) is 63.5 Å². The molecule has 2 saturated heterocycles. The molecule has 146 valence electrons. The molecule has 0 spiro atoms. The van der Waals surface area contributed by atoms with Gasteiger partial charge in [0.1, 0.15) is 0 Å². The first-order valence-electron chi connectivity index (χ1n) is 10.3. The molecule has 6 nitrogen and oxygen atoms in total. The number of hydrogen-bond donors (Lipinski definition) is 4. The van der Waals surface area contributed by atoms with Crippen molar-refractivity contribution in [1.29, 1.82) is 0 Å². The molecule has 1 aliphatic carbocycles. The molecule has 1 aromatic rings. The number of rotatable bonds is 6. The molecule has 3 aliphatic rings. The highest BCUT2D eigenvalue weighted by Crippen LogP contribution is 2.32. The number of amides is 3. The average molecular weight is 370 g/mol. The lowest BCUT2D eigenvalue weighted by molar-refractivity contribution is -0.122. The molecule has 6 heteroatoms. The summed E-state index contributed by atoms with van der Waals surface area (Å²) in [5.41, 5.74) is 1.81. The van der Waals surface area contributed by atoms with Gasteiger partial charge in [-0.3, -0.25) is 4.79 Å². The number of carbonyl (C=O) groups is 2. The minimum absolute atomic E-state index is 0.0368. The van der Waals surface area contributed by atoms with E-state index in [9.17, 15) is 9.59 Å². The Bertz CT molecular complexity index is 674. The smallest absolute Gasteiger partial charge is 0.319 e. The molecule has 0 radical (unpaired) electrons. The standard InChI is InChI=1S/C21H30N4O2/c1-13(22-20(26)12-14-10-18-8-9-19(11-14)23-18)15-2-4-16(5-3-15)24-21(27)25-17-6-7-17/h2-5,13-14,17-19,23H,6-12H2,1H3,(H,22,26)(H2,24,25,27). The van der Waals surface area contributed by atoms with Gasteiger partial charge in [-0.1, -0.05) is 12.1 Å². The minimum Gasteiger partial charge on any atom is -0.350 e. The second-order valence-electron chi connectivity index (χ2n) is 8.46. The van der Waals surface area contributed by atoms with Gasteiger partial charge < -0.3 is 21.3 Å². The molecule has 2 heterocycles. The van der Waals surface area contributed by atoms with Crippen LogP contribution in [-0.4, -0.2) is 30.1 Å². The summed E-state index contributed by atoms with van der Waals surface area (Å²) in [7, 11) is 0. The van der Waals surface area contributed by atoms with E-state index in [0.717, 1.165) is 36.9 Å². The minimum atomic E-state index is -0.150. The molecule has 3 atom stereocenters. The zero-order valence-corrected chi connectivity index (χ0v) is 16.0. The van der Waals surface area contributed by atoms with Gasteiger partial charge in [0.15, 0.2) is 0 Å². The van der Waals surface area contributed by atoms with Gasteiger partial charge in [0.2, 0.25) is 5.91 Å². The van der Waals surface area contributed by atoms with Crippen LogP contribution in [0.2, 0.25) is 0 Å². The molecule has 2 bridgehead atoms. The average Bonchev–Trinajstić information content (AvgIpc) is 3.37. The van der Waals surface area contributed by atoms with Crippen molar-refractivity contribution in [3.63, 3.8) is 0 Å². The summed E-state index contributed by atoms with van der Waals surface area (Å²) in [6.07, 6.45) is 7.55. The van der Waals surface area contributed by atoms with E-state index < -0.39 is 0 Å². The van der Waals surface area contributed by atoms with Gasteiger partial charge in [-0.2, -0.15) is 0 Å². The maximum Gasteiger partial charge on any atom is 0.319 e. The normalized spacial score (nSPS) is 27.7. The molecule has 3 unspecified atom stereocenters. The van der Waals surface area contributed by atoms with Crippen LogP contribution in [0.15, 0.2) is 24.3 Å². The fourth-order valence-electron chi connectivity index (χ4n) is 4.42. The van der Waals surface area contributed by atoms with Crippen LogP contribution in [0.5, 0.6) is 0 Å². The molecule has 1 aromatic carbocycles. The van der Waals surface area contributed by atoms with Crippen LogP contribution in [0, 0.1) is 5.92 Å². The maximum atomic E-state index is 12.5. The molecule has 2 aliphatic heterocycles. The maximum absolute atomic E-state index is 12.5. The van der Waals surface area contributed by atoms with Crippen LogP contribution < -0.4 is 21.3 Å². The van der Waals surface area contributed by atoms with Gasteiger partial charge in [0.05, 0.1) is 6.04 Å². The highest BCUT2D eigenvalue weighted by molar-refractivity contribution is 5.89. The van der Waals surface area contributed by atoms with Crippen molar-refractivity contribution in [2.24, 2.45) is 5.92 Å². The van der Waals surface area contributed by atoms with Crippen molar-refractivity contribution < 1.29 is 9.59 Å². The summed E-state index contributed by atoms with van der Waals surface area (Å²) in [6.45, 7) is 2.01. The third-order valence-electron chi connectivity index (χ3n) is 6.00. The zero-order valence-electron chi connectivity index (χ0n) is 16.0. The summed E-state index contributed by atoms with van der Waals surface area (Å²) < 4.78 is 0. The Morgan fingerprint density at radius 1 is 1.07 bits per heavy atom. The third kappa shape index (κ3) is 5.01. The lowest BCUT2D eigenvalue weighted by Crippen LogP contribution is -2.40. The largest absolute Gasteiger partial charge is 0.350 e. The Kier molecular flexibility index (Phi) is 5.34. The van der Waals surface area contributed by atoms with Crippen molar-refractivity contribution in [2.45, 2.75) is 76.0 Å². The first-order chi connectivity index (χ1) is 13.0. The predicted molar refractivity (Wildman–Crippen MR) is 105 cm³/mol. The fourth-order valence-corrected chi connectivity index (χ4v) is 4.42. The van der Waals surface area contributed by atoms with Crippen molar-refractivity contribution in [2.75, 3.05) is 5.32 Å². The highest BCUT2D eigenvalue weighted by atomic mass is 16.2. The Hall–Kier alpha value is -2.08. The lowest BCUT2D eigenvalue weighted by atomic mass is 9.89. The van der Waals surface area contributed by atoms with Crippen LogP contribution >= 0.6 is 0 Å². The van der Waals surface area contributed by atoms with Crippen molar-refractivity contribution in [3.05, 3.63) is 29.8 Å². The number of fused-ring (bicyclic) bond motifs is 2. The Morgan fingerprint density at radius 2 is 1.74 bits per heavy atom. The van der Waals surface area contributed by atoms with Crippen molar-refractivity contribution in [3.8, 4) is 0 Å². The Balaban J connectivity index is 1.24. The van der Waals surface area contributed by atoms with Gasteiger partial charge in [-0.25, -0.2) is 4.79 Å². The second kappa shape index (κ2) is 7.89. The monoisotopic (exact) mass is 370 g/mol. The number of piperidine rings is 1. The van der Waals surface area contributed by atoms with E-state index in [0.29, 0.717) is 30.5 Å². The van der Waals surface area contributed by atoms with Crippen LogP contribution in [0.25, 0.3) is 0 Å². The number of anilines is 1. The van der Waals surface area contributed by atoms with Gasteiger partial charge in [0, 0.05) is 30.2 Å². The van der Waals surface area contributed by atoms with Gasteiger partial charge in [-0.05, 0) is 69.1 Å². The van der Waals surface area contributed by atoms with E-state index in [1.165, 1.54) is 12.8 Å². The number of hydrogen-bond acceptors (Lipinski definition) is 3. The highest BCUT2D eigenvalue weighted by Gasteiger charge is 2.34. The second-order valence-corrected chi connectivity index (χ2v) is 8.46. The quantitative estimate of drug-likeness (QED) is 0.621. The number of urea groups is 1. The number of nitrogens with one attached hydrogen (secondary N) is 4. The number of carbonyl (C=O) groups excluding carboxylic acids is 2. The van der Waals surface area contributed by atoms with Crippen LogP contribution in [0.3, 0.4) is 0 Å². The van der Waals surface area contributed by atoms with Crippen molar-refractivity contribution >= 4 is 17.6 Å². The molecular weight excluding hydrogens is 340 g/mol. The molecule has 4 N–H and O–H groups in total. The van der Waals surface area contributed by atoms with Gasteiger partial charge >= 0.3 is 6.03 Å². The van der Waals surface area contributed by atoms with E-state index in [1.807, 2.05) is 31.2 Å². The van der Waals surface area contributed by atoms with E-state index in [1.54, 1.807) is 0 Å². The topological polar surface area (TPSA) is 82.3 Å². The summed E-state index contributed by atoms with van der Waals surface area (Å²) in [5.74, 6) is 0.646. The Labute approximate surface area is 160 Å². The molecule has 4 rings (SSSR count). The predicted octanol–water partition coefficient (Wildman–Crippen LogP) is 3.07. The molecule has 27 heavy (non-hydrogen) atoms. The summed E-state index contributed by atoms with van der Waals surface area (Å²) >= 11 is 0. The molecule has 0 aromatic heterocycles. The molecule has 1 saturated carbocycles. The van der Waals surface area contributed by atoms with E-state index in [4.69, 9.17) is 0 Å². The van der Waals surface area contributed by atoms with Crippen molar-refractivity contribution in [1.82, 2.24) is 16.0 Å². The number of benzene rings is 1.